The first-order valence-electron chi connectivity index (χ1n) is 5.14. The van der Waals surface area contributed by atoms with Crippen LogP contribution in [-0.2, 0) is 11.3 Å². The molecule has 0 aliphatic heterocycles. The maximum absolute atomic E-state index is 5.55. The second-order valence-corrected chi connectivity index (χ2v) is 3.84. The number of nitrogen functional groups attached to an aromatic ring is 1. The molecule has 0 bridgehead atoms. The van der Waals surface area contributed by atoms with Gasteiger partial charge in [0.05, 0.1) is 12.3 Å². The molecule has 0 unspecified atom stereocenters. The molecule has 0 amide bonds. The number of nitrogens with zero attached hydrogens (tertiary/aromatic N) is 1. The summed E-state index contributed by atoms with van der Waals surface area (Å²) in [4.78, 5) is 4.16. The van der Waals surface area contributed by atoms with Gasteiger partial charge in [0.25, 0.3) is 0 Å². The highest BCUT2D eigenvalue weighted by atomic mass is 16.5. The van der Waals surface area contributed by atoms with E-state index in [1.54, 1.807) is 6.07 Å². The van der Waals surface area contributed by atoms with E-state index in [4.69, 9.17) is 10.5 Å². The first kappa shape index (κ1) is 9.46. The van der Waals surface area contributed by atoms with E-state index in [0.29, 0.717) is 12.4 Å². The fourth-order valence-electron chi connectivity index (χ4n) is 1.41. The first-order valence-corrected chi connectivity index (χ1v) is 5.14. The van der Waals surface area contributed by atoms with E-state index in [1.807, 2.05) is 12.1 Å². The molecule has 1 saturated carbocycles. The van der Waals surface area contributed by atoms with Crippen LogP contribution in [0.3, 0.4) is 0 Å². The summed E-state index contributed by atoms with van der Waals surface area (Å²) in [7, 11) is 0. The van der Waals surface area contributed by atoms with Crippen molar-refractivity contribution >= 4 is 5.82 Å². The fourth-order valence-corrected chi connectivity index (χ4v) is 1.41. The van der Waals surface area contributed by atoms with Gasteiger partial charge in [0.2, 0.25) is 0 Å². The summed E-state index contributed by atoms with van der Waals surface area (Å²) >= 11 is 0. The Bertz CT molecular complexity index is 297. The molecule has 1 heterocycles. The van der Waals surface area contributed by atoms with Crippen LogP contribution in [-0.4, -0.2) is 11.6 Å². The molecule has 1 fully saturated rings. The van der Waals surface area contributed by atoms with Gasteiger partial charge in [-0.25, -0.2) is 4.98 Å². The minimum Gasteiger partial charge on any atom is -0.384 e. The Morgan fingerprint density at radius 3 is 3.00 bits per heavy atom. The predicted molar refractivity (Wildman–Crippen MR) is 55.6 cm³/mol. The van der Waals surface area contributed by atoms with Gasteiger partial charge in [-0.2, -0.15) is 0 Å². The zero-order valence-corrected chi connectivity index (χ0v) is 8.28. The van der Waals surface area contributed by atoms with Gasteiger partial charge in [-0.15, -0.1) is 0 Å². The van der Waals surface area contributed by atoms with Crippen LogP contribution in [0.4, 0.5) is 5.82 Å². The summed E-state index contributed by atoms with van der Waals surface area (Å²) in [6.07, 6.45) is 3.97. The fraction of sp³-hybridized carbons (Fsp3) is 0.545. The predicted octanol–water partition coefficient (Wildman–Crippen LogP) is 1.98. The number of pyridine rings is 1. The maximum Gasteiger partial charge on any atom is 0.123 e. The number of anilines is 1. The van der Waals surface area contributed by atoms with Crippen LogP contribution < -0.4 is 5.73 Å². The molecule has 1 aromatic heterocycles. The number of rotatable bonds is 5. The van der Waals surface area contributed by atoms with Crippen molar-refractivity contribution in [2.75, 3.05) is 12.3 Å². The van der Waals surface area contributed by atoms with Gasteiger partial charge in [0.15, 0.2) is 0 Å². The van der Waals surface area contributed by atoms with E-state index in [-0.39, 0.29) is 0 Å². The third kappa shape index (κ3) is 3.00. The lowest BCUT2D eigenvalue weighted by molar-refractivity contribution is 0.112. The lowest BCUT2D eigenvalue weighted by Gasteiger charge is -2.03. The van der Waals surface area contributed by atoms with Gasteiger partial charge >= 0.3 is 0 Å². The lowest BCUT2D eigenvalue weighted by Crippen LogP contribution is -2.00. The van der Waals surface area contributed by atoms with E-state index in [9.17, 15) is 0 Å². The van der Waals surface area contributed by atoms with E-state index < -0.39 is 0 Å². The van der Waals surface area contributed by atoms with Crippen molar-refractivity contribution in [1.82, 2.24) is 4.98 Å². The molecule has 0 atom stereocenters. The highest BCUT2D eigenvalue weighted by Gasteiger charge is 2.20. The summed E-state index contributed by atoms with van der Waals surface area (Å²) in [5, 5.41) is 0. The van der Waals surface area contributed by atoms with Crippen molar-refractivity contribution in [3.63, 3.8) is 0 Å². The minimum atomic E-state index is 0.563. The normalized spacial score (nSPS) is 15.7. The summed E-state index contributed by atoms with van der Waals surface area (Å²) in [5.41, 5.74) is 6.47. The average molecular weight is 192 g/mol. The quantitative estimate of drug-likeness (QED) is 0.726. The molecular formula is C11H16N2O. The molecule has 1 aromatic rings. The number of hydrogen-bond donors (Lipinski definition) is 1. The number of aromatic nitrogens is 1. The maximum atomic E-state index is 5.55. The molecular weight excluding hydrogens is 176 g/mol. The monoisotopic (exact) mass is 192 g/mol. The van der Waals surface area contributed by atoms with Crippen LogP contribution in [0.1, 0.15) is 25.0 Å². The molecule has 76 valence electrons. The first-order chi connectivity index (χ1) is 6.84. The highest BCUT2D eigenvalue weighted by Crippen LogP contribution is 2.32. The molecule has 2 rings (SSSR count). The molecule has 3 heteroatoms. The number of nitrogens with two attached hydrogens (primary N) is 1. The summed E-state index contributed by atoms with van der Waals surface area (Å²) in [6.45, 7) is 1.43. The van der Waals surface area contributed by atoms with Crippen LogP contribution in [0.5, 0.6) is 0 Å². The highest BCUT2D eigenvalue weighted by molar-refractivity contribution is 5.28. The van der Waals surface area contributed by atoms with Crippen molar-refractivity contribution in [2.45, 2.75) is 25.9 Å². The second-order valence-electron chi connectivity index (χ2n) is 3.84. The van der Waals surface area contributed by atoms with E-state index in [0.717, 1.165) is 18.2 Å². The topological polar surface area (TPSA) is 48.1 Å². The Balaban J connectivity index is 1.68. The molecule has 1 aliphatic rings. The van der Waals surface area contributed by atoms with Crippen LogP contribution in [0, 0.1) is 5.92 Å². The van der Waals surface area contributed by atoms with Crippen molar-refractivity contribution in [3.8, 4) is 0 Å². The third-order valence-electron chi connectivity index (χ3n) is 2.45. The molecule has 2 N–H and O–H groups in total. The summed E-state index contributed by atoms with van der Waals surface area (Å²) < 4.78 is 5.51. The van der Waals surface area contributed by atoms with Crippen molar-refractivity contribution in [3.05, 3.63) is 23.9 Å². The zero-order valence-electron chi connectivity index (χ0n) is 8.28. The molecule has 0 spiro atoms. The Kier molecular flexibility index (Phi) is 2.99. The lowest BCUT2D eigenvalue weighted by atomic mass is 10.3. The van der Waals surface area contributed by atoms with Gasteiger partial charge in [-0.3, -0.25) is 0 Å². The van der Waals surface area contributed by atoms with E-state index in [1.165, 1.54) is 19.3 Å². The minimum absolute atomic E-state index is 0.563. The Hall–Kier alpha value is -1.09. The van der Waals surface area contributed by atoms with Gasteiger partial charge in [0, 0.05) is 6.61 Å². The van der Waals surface area contributed by atoms with E-state index in [2.05, 4.69) is 4.98 Å². The van der Waals surface area contributed by atoms with Gasteiger partial charge in [0.1, 0.15) is 5.82 Å². The summed E-state index contributed by atoms with van der Waals surface area (Å²) in [5.74, 6) is 1.50. The van der Waals surface area contributed by atoms with Crippen molar-refractivity contribution in [2.24, 2.45) is 5.92 Å². The SMILES string of the molecule is Nc1cccc(COCCC2CC2)n1. The number of ether oxygens (including phenoxy) is 1. The number of hydrogen-bond acceptors (Lipinski definition) is 3. The van der Waals surface area contributed by atoms with Crippen LogP contribution in [0.25, 0.3) is 0 Å². The Morgan fingerprint density at radius 1 is 1.43 bits per heavy atom. The average Bonchev–Trinajstić information content (AvgIpc) is 2.96. The molecule has 14 heavy (non-hydrogen) atoms. The standard InChI is InChI=1S/C11H16N2O/c12-11-3-1-2-10(13-11)8-14-7-6-9-4-5-9/h1-3,9H,4-8H2,(H2,12,13). The van der Waals surface area contributed by atoms with Gasteiger partial charge < -0.3 is 10.5 Å². The van der Waals surface area contributed by atoms with Crippen LogP contribution >= 0.6 is 0 Å². The molecule has 0 saturated heterocycles. The van der Waals surface area contributed by atoms with Crippen LogP contribution in [0.15, 0.2) is 18.2 Å². The second kappa shape index (κ2) is 4.42. The Morgan fingerprint density at radius 2 is 2.29 bits per heavy atom. The summed E-state index contributed by atoms with van der Waals surface area (Å²) in [6, 6.07) is 5.63. The van der Waals surface area contributed by atoms with Crippen molar-refractivity contribution < 1.29 is 4.74 Å². The third-order valence-corrected chi connectivity index (χ3v) is 2.45. The molecule has 0 radical (unpaired) electrons. The van der Waals surface area contributed by atoms with Gasteiger partial charge in [-0.05, 0) is 24.5 Å². The largest absolute Gasteiger partial charge is 0.384 e. The zero-order chi connectivity index (χ0) is 9.80. The van der Waals surface area contributed by atoms with Gasteiger partial charge in [-0.1, -0.05) is 18.9 Å². The molecule has 1 aliphatic carbocycles. The van der Waals surface area contributed by atoms with Crippen LogP contribution in [0.2, 0.25) is 0 Å². The smallest absolute Gasteiger partial charge is 0.123 e. The van der Waals surface area contributed by atoms with Crippen molar-refractivity contribution in [1.29, 1.82) is 0 Å². The Labute approximate surface area is 84.3 Å². The van der Waals surface area contributed by atoms with E-state index >= 15 is 0 Å². The molecule has 0 aromatic carbocycles. The molecule has 3 nitrogen and oxygen atoms in total.